The summed E-state index contributed by atoms with van der Waals surface area (Å²) in [6, 6.07) is 4.02. The van der Waals surface area contributed by atoms with Crippen molar-refractivity contribution in [2.24, 2.45) is 0 Å². The third-order valence-corrected chi connectivity index (χ3v) is 3.31. The molecule has 4 heteroatoms. The monoisotopic (exact) mass is 266 g/mol. The molecular weight excluding hydrogens is 246 g/mol. The van der Waals surface area contributed by atoms with Crippen LogP contribution in [-0.4, -0.2) is 12.6 Å². The largest absolute Gasteiger partial charge is 0.364 e. The smallest absolute Gasteiger partial charge is 0.150 e. The zero-order valence-electron chi connectivity index (χ0n) is 11.7. The van der Waals surface area contributed by atoms with E-state index in [0.29, 0.717) is 6.54 Å². The van der Waals surface area contributed by atoms with Crippen molar-refractivity contribution in [3.63, 3.8) is 0 Å². The van der Waals surface area contributed by atoms with Gasteiger partial charge in [0.15, 0.2) is 11.6 Å². The highest BCUT2D eigenvalue weighted by Crippen LogP contribution is 2.27. The summed E-state index contributed by atoms with van der Waals surface area (Å²) in [5, 5.41) is 8.72. The average Bonchev–Trinajstić information content (AvgIpc) is 2.40. The van der Waals surface area contributed by atoms with Gasteiger partial charge in [-0.3, -0.25) is 0 Å². The maximum atomic E-state index is 14.0. The van der Waals surface area contributed by atoms with Crippen LogP contribution in [0.4, 0.5) is 14.5 Å². The fourth-order valence-corrected chi connectivity index (χ4v) is 2.01. The molecular formula is C15H20F2N2. The van der Waals surface area contributed by atoms with Gasteiger partial charge in [0, 0.05) is 12.6 Å². The average molecular weight is 266 g/mol. The second-order valence-electron chi connectivity index (χ2n) is 4.70. The van der Waals surface area contributed by atoms with Crippen LogP contribution in [0.5, 0.6) is 0 Å². The highest BCUT2D eigenvalue weighted by molar-refractivity contribution is 5.53. The van der Waals surface area contributed by atoms with Crippen molar-refractivity contribution in [1.82, 2.24) is 0 Å². The van der Waals surface area contributed by atoms with E-state index < -0.39 is 11.6 Å². The van der Waals surface area contributed by atoms with Gasteiger partial charge in [0.25, 0.3) is 0 Å². The van der Waals surface area contributed by atoms with Crippen LogP contribution in [0.2, 0.25) is 0 Å². The van der Waals surface area contributed by atoms with Gasteiger partial charge in [-0.2, -0.15) is 5.26 Å². The van der Waals surface area contributed by atoms with E-state index in [0.717, 1.165) is 31.4 Å². The Hall–Kier alpha value is -1.63. The molecule has 1 aromatic rings. The van der Waals surface area contributed by atoms with E-state index in [4.69, 9.17) is 5.26 Å². The number of benzene rings is 1. The molecule has 1 atom stereocenters. The van der Waals surface area contributed by atoms with Crippen molar-refractivity contribution in [1.29, 1.82) is 5.26 Å². The lowest BCUT2D eigenvalue weighted by Gasteiger charge is -2.31. The Morgan fingerprint density at radius 1 is 1.26 bits per heavy atom. The standard InChI is InChI=1S/C15H20F2N2/c1-4-6-7-19(11(3)5-2)15-13(16)8-12(10-18)9-14(15)17/h8-9,11H,4-7H2,1-3H3. The molecule has 0 N–H and O–H groups in total. The molecule has 0 fully saturated rings. The molecule has 0 aliphatic heterocycles. The molecule has 0 aliphatic rings. The number of hydrogen-bond acceptors (Lipinski definition) is 2. The quantitative estimate of drug-likeness (QED) is 0.770. The van der Waals surface area contributed by atoms with Crippen LogP contribution in [-0.2, 0) is 0 Å². The summed E-state index contributed by atoms with van der Waals surface area (Å²) in [4.78, 5) is 1.76. The predicted molar refractivity (Wildman–Crippen MR) is 73.1 cm³/mol. The molecule has 0 spiro atoms. The van der Waals surface area contributed by atoms with Gasteiger partial charge in [-0.05, 0) is 31.9 Å². The molecule has 0 radical (unpaired) electrons. The molecule has 1 rings (SSSR count). The molecule has 0 saturated carbocycles. The molecule has 0 saturated heterocycles. The maximum absolute atomic E-state index is 14.0. The summed E-state index contributed by atoms with van der Waals surface area (Å²) >= 11 is 0. The van der Waals surface area contributed by atoms with Crippen LogP contribution in [0.15, 0.2) is 12.1 Å². The van der Waals surface area contributed by atoms with Crippen molar-refractivity contribution in [3.8, 4) is 6.07 Å². The Kier molecular flexibility index (Phi) is 5.75. The van der Waals surface area contributed by atoms with Gasteiger partial charge in [-0.1, -0.05) is 20.3 Å². The highest BCUT2D eigenvalue weighted by atomic mass is 19.1. The zero-order chi connectivity index (χ0) is 14.4. The van der Waals surface area contributed by atoms with Crippen molar-refractivity contribution < 1.29 is 8.78 Å². The minimum atomic E-state index is -0.659. The van der Waals surface area contributed by atoms with Crippen molar-refractivity contribution >= 4 is 5.69 Å². The Morgan fingerprint density at radius 3 is 2.26 bits per heavy atom. The third-order valence-electron chi connectivity index (χ3n) is 3.31. The lowest BCUT2D eigenvalue weighted by molar-refractivity contribution is 0.532. The van der Waals surface area contributed by atoms with E-state index in [1.807, 2.05) is 20.8 Å². The maximum Gasteiger partial charge on any atom is 0.150 e. The van der Waals surface area contributed by atoms with Crippen LogP contribution in [0.1, 0.15) is 45.6 Å². The predicted octanol–water partition coefficient (Wildman–Crippen LogP) is 4.24. The summed E-state index contributed by atoms with van der Waals surface area (Å²) < 4.78 is 28.1. The molecule has 0 heterocycles. The Morgan fingerprint density at radius 2 is 1.84 bits per heavy atom. The van der Waals surface area contributed by atoms with E-state index >= 15 is 0 Å². The van der Waals surface area contributed by atoms with Gasteiger partial charge in [0.1, 0.15) is 5.69 Å². The fourth-order valence-electron chi connectivity index (χ4n) is 2.01. The lowest BCUT2D eigenvalue weighted by Crippen LogP contribution is -2.35. The Labute approximate surface area is 113 Å². The lowest BCUT2D eigenvalue weighted by atomic mass is 10.1. The normalized spacial score (nSPS) is 12.0. The third kappa shape index (κ3) is 3.66. The van der Waals surface area contributed by atoms with Crippen LogP contribution >= 0.6 is 0 Å². The van der Waals surface area contributed by atoms with Crippen LogP contribution in [0.25, 0.3) is 0 Å². The fraction of sp³-hybridized carbons (Fsp3) is 0.533. The summed E-state index contributed by atoms with van der Waals surface area (Å²) in [7, 11) is 0. The first-order valence-corrected chi connectivity index (χ1v) is 6.70. The number of halogens is 2. The van der Waals surface area contributed by atoms with Gasteiger partial charge in [-0.25, -0.2) is 8.78 Å². The first-order valence-electron chi connectivity index (χ1n) is 6.70. The number of unbranched alkanes of at least 4 members (excludes halogenated alkanes) is 1. The van der Waals surface area contributed by atoms with E-state index in [1.54, 1.807) is 11.0 Å². The van der Waals surface area contributed by atoms with E-state index in [1.165, 1.54) is 0 Å². The second-order valence-corrected chi connectivity index (χ2v) is 4.70. The van der Waals surface area contributed by atoms with Crippen molar-refractivity contribution in [3.05, 3.63) is 29.3 Å². The van der Waals surface area contributed by atoms with Crippen LogP contribution < -0.4 is 4.90 Å². The summed E-state index contributed by atoms with van der Waals surface area (Å²) in [5.74, 6) is -1.32. The van der Waals surface area contributed by atoms with Gasteiger partial charge in [-0.15, -0.1) is 0 Å². The summed E-state index contributed by atoms with van der Waals surface area (Å²) in [6.45, 7) is 6.60. The molecule has 0 aromatic heterocycles. The van der Waals surface area contributed by atoms with Gasteiger partial charge >= 0.3 is 0 Å². The number of rotatable bonds is 6. The summed E-state index contributed by atoms with van der Waals surface area (Å²) in [6.07, 6.45) is 2.65. The minimum Gasteiger partial charge on any atom is -0.364 e. The Bertz CT molecular complexity index is 443. The number of nitriles is 1. The van der Waals surface area contributed by atoms with Crippen LogP contribution in [0, 0.1) is 23.0 Å². The minimum absolute atomic E-state index is 0.0122. The molecule has 0 amide bonds. The van der Waals surface area contributed by atoms with Gasteiger partial charge < -0.3 is 4.90 Å². The van der Waals surface area contributed by atoms with E-state index in [-0.39, 0.29) is 17.3 Å². The SMILES string of the molecule is CCCCN(c1c(F)cc(C#N)cc1F)C(C)CC. The van der Waals surface area contributed by atoms with Crippen LogP contribution in [0.3, 0.4) is 0 Å². The number of hydrogen-bond donors (Lipinski definition) is 0. The molecule has 0 aliphatic carbocycles. The molecule has 2 nitrogen and oxygen atoms in total. The highest BCUT2D eigenvalue weighted by Gasteiger charge is 2.21. The molecule has 104 valence electrons. The zero-order valence-corrected chi connectivity index (χ0v) is 11.7. The first kappa shape index (κ1) is 15.4. The number of nitrogens with zero attached hydrogens (tertiary/aromatic N) is 2. The van der Waals surface area contributed by atoms with Crippen molar-refractivity contribution in [2.75, 3.05) is 11.4 Å². The second kappa shape index (κ2) is 7.08. The summed E-state index contributed by atoms with van der Waals surface area (Å²) in [5.41, 5.74) is 0.000132. The van der Waals surface area contributed by atoms with Crippen molar-refractivity contribution in [2.45, 2.75) is 46.1 Å². The molecule has 19 heavy (non-hydrogen) atoms. The Balaban J connectivity index is 3.18. The number of anilines is 1. The van der Waals surface area contributed by atoms with E-state index in [2.05, 4.69) is 0 Å². The molecule has 1 aromatic carbocycles. The van der Waals surface area contributed by atoms with E-state index in [9.17, 15) is 8.78 Å². The topological polar surface area (TPSA) is 27.0 Å². The molecule has 1 unspecified atom stereocenters. The first-order chi connectivity index (χ1) is 9.04. The van der Waals surface area contributed by atoms with Gasteiger partial charge in [0.05, 0.1) is 11.6 Å². The van der Waals surface area contributed by atoms with Gasteiger partial charge in [0.2, 0.25) is 0 Å². The molecule has 0 bridgehead atoms.